The number of hydrogen-bond acceptors (Lipinski definition) is 3. The Morgan fingerprint density at radius 3 is 3.00 bits per heavy atom. The normalized spacial score (nSPS) is 19.4. The summed E-state index contributed by atoms with van der Waals surface area (Å²) in [5, 5.41) is 8.14. The Kier molecular flexibility index (Phi) is 5.86. The van der Waals surface area contributed by atoms with Crippen LogP contribution in [0, 0.1) is 5.92 Å². The minimum atomic E-state index is 0.546. The second-order valence-electron chi connectivity index (χ2n) is 5.45. The third-order valence-electron chi connectivity index (χ3n) is 4.04. The number of hydrogen-bond donors (Lipinski definition) is 1. The van der Waals surface area contributed by atoms with E-state index in [1.165, 1.54) is 12.8 Å². The van der Waals surface area contributed by atoms with E-state index in [0.717, 1.165) is 50.8 Å². The van der Waals surface area contributed by atoms with Crippen LogP contribution in [-0.4, -0.2) is 29.5 Å². The first-order valence-corrected chi connectivity index (χ1v) is 7.66. The summed E-state index contributed by atoms with van der Waals surface area (Å²) in [6.45, 7) is 8.27. The number of ether oxygens (including phenoxy) is 1. The molecule has 1 unspecified atom stereocenters. The fourth-order valence-corrected chi connectivity index (χ4v) is 2.67. The van der Waals surface area contributed by atoms with Gasteiger partial charge < -0.3 is 10.1 Å². The Bertz CT molecular complexity index is 354. The number of rotatable bonds is 8. The summed E-state index contributed by atoms with van der Waals surface area (Å²) in [5.74, 6) is 0.759. The van der Waals surface area contributed by atoms with E-state index in [1.807, 2.05) is 0 Å². The predicted octanol–water partition coefficient (Wildman–Crippen LogP) is 2.76. The molecule has 19 heavy (non-hydrogen) atoms. The molecule has 4 nitrogen and oxygen atoms in total. The molecular weight excluding hydrogens is 238 g/mol. The quantitative estimate of drug-likeness (QED) is 0.735. The summed E-state index contributed by atoms with van der Waals surface area (Å²) in [5.41, 5.74) is 1.15. The van der Waals surface area contributed by atoms with Gasteiger partial charge in [0.05, 0.1) is 11.7 Å². The molecule has 1 aliphatic rings. The van der Waals surface area contributed by atoms with Crippen molar-refractivity contribution in [2.24, 2.45) is 5.92 Å². The van der Waals surface area contributed by atoms with E-state index in [-0.39, 0.29) is 0 Å². The minimum Gasteiger partial charge on any atom is -0.381 e. The first-order chi connectivity index (χ1) is 9.33. The van der Waals surface area contributed by atoms with Crippen molar-refractivity contribution in [3.8, 4) is 0 Å². The van der Waals surface area contributed by atoms with Gasteiger partial charge >= 0.3 is 0 Å². The molecule has 1 aliphatic heterocycles. The van der Waals surface area contributed by atoms with Gasteiger partial charge in [-0.15, -0.1) is 0 Å². The molecule has 1 atom stereocenters. The lowest BCUT2D eigenvalue weighted by Crippen LogP contribution is -2.18. The Hall–Kier alpha value is -0.870. The summed E-state index contributed by atoms with van der Waals surface area (Å²) in [7, 11) is 0. The molecule has 0 amide bonds. The van der Waals surface area contributed by atoms with Gasteiger partial charge in [-0.25, -0.2) is 0 Å². The van der Waals surface area contributed by atoms with E-state index in [0.29, 0.717) is 6.04 Å². The lowest BCUT2D eigenvalue weighted by molar-refractivity contribution is 0.184. The standard InChI is InChI=1S/C15H27N3O/c1-3-15(4-2)18-9-6-14(17-18)11-16-8-5-13-7-10-19-12-13/h6,9,13,15-16H,3-5,7-8,10-12H2,1-2H3. The summed E-state index contributed by atoms with van der Waals surface area (Å²) < 4.78 is 7.50. The third kappa shape index (κ3) is 4.32. The van der Waals surface area contributed by atoms with Crippen molar-refractivity contribution >= 4 is 0 Å². The maximum atomic E-state index is 5.38. The smallest absolute Gasteiger partial charge is 0.0762 e. The summed E-state index contributed by atoms with van der Waals surface area (Å²) in [6.07, 6.45) is 6.84. The van der Waals surface area contributed by atoms with Crippen molar-refractivity contribution in [3.05, 3.63) is 18.0 Å². The van der Waals surface area contributed by atoms with Crippen molar-refractivity contribution in [1.29, 1.82) is 0 Å². The lowest BCUT2D eigenvalue weighted by Gasteiger charge is -2.12. The van der Waals surface area contributed by atoms with Crippen molar-refractivity contribution in [2.75, 3.05) is 19.8 Å². The van der Waals surface area contributed by atoms with Gasteiger partial charge in [-0.3, -0.25) is 4.68 Å². The van der Waals surface area contributed by atoms with E-state index < -0.39 is 0 Å². The molecule has 0 aliphatic carbocycles. The Balaban J connectivity index is 1.68. The molecule has 108 valence electrons. The van der Waals surface area contributed by atoms with Gasteiger partial charge in [-0.2, -0.15) is 5.10 Å². The SMILES string of the molecule is CCC(CC)n1ccc(CNCCC2CCOC2)n1. The van der Waals surface area contributed by atoms with Crippen molar-refractivity contribution in [2.45, 2.75) is 52.1 Å². The van der Waals surface area contributed by atoms with Crippen molar-refractivity contribution in [1.82, 2.24) is 15.1 Å². The van der Waals surface area contributed by atoms with E-state index >= 15 is 0 Å². The second-order valence-corrected chi connectivity index (χ2v) is 5.45. The Morgan fingerprint density at radius 2 is 2.32 bits per heavy atom. The molecule has 0 saturated carbocycles. The molecule has 1 aromatic heterocycles. The molecule has 2 rings (SSSR count). The van der Waals surface area contributed by atoms with E-state index in [1.54, 1.807) is 0 Å². The fraction of sp³-hybridized carbons (Fsp3) is 0.800. The van der Waals surface area contributed by atoms with Gasteiger partial charge in [0.1, 0.15) is 0 Å². The lowest BCUT2D eigenvalue weighted by atomic mass is 10.1. The van der Waals surface area contributed by atoms with Crippen molar-refractivity contribution in [3.63, 3.8) is 0 Å². The molecule has 1 N–H and O–H groups in total. The van der Waals surface area contributed by atoms with Crippen LogP contribution in [0.15, 0.2) is 12.3 Å². The second kappa shape index (κ2) is 7.65. The van der Waals surface area contributed by atoms with Crippen LogP contribution in [0.1, 0.15) is 51.3 Å². The van der Waals surface area contributed by atoms with E-state index in [4.69, 9.17) is 4.74 Å². The van der Waals surface area contributed by atoms with Gasteiger partial charge in [-0.05, 0) is 44.2 Å². The zero-order chi connectivity index (χ0) is 13.5. The molecule has 1 saturated heterocycles. The highest BCUT2D eigenvalue weighted by Crippen LogP contribution is 2.16. The van der Waals surface area contributed by atoms with Crippen LogP contribution in [0.25, 0.3) is 0 Å². The van der Waals surface area contributed by atoms with Gasteiger partial charge in [-0.1, -0.05) is 13.8 Å². The van der Waals surface area contributed by atoms with Crippen LogP contribution >= 0.6 is 0 Å². The first kappa shape index (κ1) is 14.5. The highest BCUT2D eigenvalue weighted by atomic mass is 16.5. The first-order valence-electron chi connectivity index (χ1n) is 7.66. The average molecular weight is 265 g/mol. The molecule has 1 fully saturated rings. The molecule has 0 radical (unpaired) electrons. The largest absolute Gasteiger partial charge is 0.381 e. The molecule has 2 heterocycles. The van der Waals surface area contributed by atoms with E-state index in [9.17, 15) is 0 Å². The predicted molar refractivity (Wildman–Crippen MR) is 77.1 cm³/mol. The molecule has 1 aromatic rings. The maximum absolute atomic E-state index is 5.38. The topological polar surface area (TPSA) is 39.1 Å². The van der Waals surface area contributed by atoms with Crippen LogP contribution in [-0.2, 0) is 11.3 Å². The van der Waals surface area contributed by atoms with Gasteiger partial charge in [0.25, 0.3) is 0 Å². The van der Waals surface area contributed by atoms with Crippen LogP contribution in [0.3, 0.4) is 0 Å². The molecular formula is C15H27N3O. The molecule has 0 spiro atoms. The monoisotopic (exact) mass is 265 g/mol. The molecule has 0 bridgehead atoms. The van der Waals surface area contributed by atoms with Crippen LogP contribution in [0.5, 0.6) is 0 Å². The van der Waals surface area contributed by atoms with E-state index in [2.05, 4.69) is 41.2 Å². The maximum Gasteiger partial charge on any atom is 0.0762 e. The van der Waals surface area contributed by atoms with Gasteiger partial charge in [0, 0.05) is 26.0 Å². The number of nitrogens with one attached hydrogen (secondary N) is 1. The molecule has 0 aromatic carbocycles. The third-order valence-corrected chi connectivity index (χ3v) is 4.04. The zero-order valence-electron chi connectivity index (χ0n) is 12.3. The Morgan fingerprint density at radius 1 is 1.47 bits per heavy atom. The van der Waals surface area contributed by atoms with Crippen LogP contribution in [0.2, 0.25) is 0 Å². The number of nitrogens with zero attached hydrogens (tertiary/aromatic N) is 2. The minimum absolute atomic E-state index is 0.546. The average Bonchev–Trinajstić information content (AvgIpc) is 3.08. The highest BCUT2D eigenvalue weighted by molar-refractivity contribution is 4.99. The number of aromatic nitrogens is 2. The fourth-order valence-electron chi connectivity index (χ4n) is 2.67. The van der Waals surface area contributed by atoms with Gasteiger partial charge in [0.15, 0.2) is 0 Å². The summed E-state index contributed by atoms with van der Waals surface area (Å²) >= 11 is 0. The summed E-state index contributed by atoms with van der Waals surface area (Å²) in [4.78, 5) is 0. The Labute approximate surface area is 116 Å². The highest BCUT2D eigenvalue weighted by Gasteiger charge is 2.14. The zero-order valence-corrected chi connectivity index (χ0v) is 12.3. The van der Waals surface area contributed by atoms with Crippen LogP contribution in [0.4, 0.5) is 0 Å². The van der Waals surface area contributed by atoms with Crippen molar-refractivity contribution < 1.29 is 4.74 Å². The summed E-state index contributed by atoms with van der Waals surface area (Å²) in [6, 6.07) is 2.67. The van der Waals surface area contributed by atoms with Crippen LogP contribution < -0.4 is 5.32 Å². The van der Waals surface area contributed by atoms with Gasteiger partial charge in [0.2, 0.25) is 0 Å². The molecule has 4 heteroatoms.